The molecule has 3 rings (SSSR count). The largest absolute Gasteiger partial charge is 0.271 e. The third-order valence-electron chi connectivity index (χ3n) is 5.47. The van der Waals surface area contributed by atoms with Crippen LogP contribution in [-0.2, 0) is 19.3 Å². The van der Waals surface area contributed by atoms with Crippen molar-refractivity contribution in [2.75, 3.05) is 0 Å². The van der Waals surface area contributed by atoms with Gasteiger partial charge in [-0.25, -0.2) is 0 Å². The molecule has 0 bridgehead atoms. The molecule has 1 aromatic carbocycles. The summed E-state index contributed by atoms with van der Waals surface area (Å²) in [5, 5.41) is 0. The Morgan fingerprint density at radius 1 is 1.00 bits per heavy atom. The lowest BCUT2D eigenvalue weighted by Crippen LogP contribution is -2.38. The molecule has 0 amide bonds. The first-order valence-electron chi connectivity index (χ1n) is 8.92. The second-order valence-electron chi connectivity index (χ2n) is 7.12. The highest BCUT2D eigenvalue weighted by atomic mass is 15.2. The Labute approximate surface area is 129 Å². The van der Waals surface area contributed by atoms with Gasteiger partial charge in [-0.15, -0.1) is 0 Å². The van der Waals surface area contributed by atoms with E-state index in [-0.39, 0.29) is 0 Å². The molecule has 0 saturated heterocycles. The fourth-order valence-electron chi connectivity index (χ4n) is 4.25. The van der Waals surface area contributed by atoms with Crippen molar-refractivity contribution in [1.29, 1.82) is 0 Å². The third-order valence-corrected chi connectivity index (χ3v) is 5.47. The SMILES string of the molecule is NNC(Cc1ccc2c(c1)CCC2)CC1CCCCCC1. The highest BCUT2D eigenvalue weighted by Gasteiger charge is 2.18. The van der Waals surface area contributed by atoms with Gasteiger partial charge in [0, 0.05) is 6.04 Å². The van der Waals surface area contributed by atoms with Gasteiger partial charge in [-0.05, 0) is 54.7 Å². The van der Waals surface area contributed by atoms with Crippen LogP contribution in [0.5, 0.6) is 0 Å². The van der Waals surface area contributed by atoms with E-state index in [1.807, 2.05) is 0 Å². The number of hydrazine groups is 1. The smallest absolute Gasteiger partial charge is 0.0253 e. The van der Waals surface area contributed by atoms with Crippen LogP contribution in [0, 0.1) is 5.92 Å². The lowest BCUT2D eigenvalue weighted by Gasteiger charge is -2.22. The van der Waals surface area contributed by atoms with E-state index in [1.54, 1.807) is 11.1 Å². The third kappa shape index (κ3) is 4.08. The lowest BCUT2D eigenvalue weighted by molar-refractivity contribution is 0.352. The van der Waals surface area contributed by atoms with E-state index < -0.39 is 0 Å². The summed E-state index contributed by atoms with van der Waals surface area (Å²) in [6.45, 7) is 0. The van der Waals surface area contributed by atoms with E-state index in [9.17, 15) is 0 Å². The molecular formula is C19H30N2. The summed E-state index contributed by atoms with van der Waals surface area (Å²) in [5.74, 6) is 6.72. The van der Waals surface area contributed by atoms with Crippen LogP contribution in [0.4, 0.5) is 0 Å². The topological polar surface area (TPSA) is 38.0 Å². The maximum absolute atomic E-state index is 5.84. The normalized spacial score (nSPS) is 21.0. The molecule has 0 aliphatic heterocycles. The van der Waals surface area contributed by atoms with E-state index in [0.717, 1.165) is 12.3 Å². The monoisotopic (exact) mass is 286 g/mol. The highest BCUT2D eigenvalue weighted by molar-refractivity contribution is 5.35. The number of aryl methyl sites for hydroxylation is 2. The molecule has 1 aromatic rings. The predicted octanol–water partition coefficient (Wildman–Crippen LogP) is 3.91. The summed E-state index contributed by atoms with van der Waals surface area (Å²) in [6.07, 6.45) is 14.7. The molecule has 1 unspecified atom stereocenters. The van der Waals surface area contributed by atoms with Crippen molar-refractivity contribution in [1.82, 2.24) is 5.43 Å². The summed E-state index contributed by atoms with van der Waals surface area (Å²) in [6, 6.07) is 7.53. The average Bonchev–Trinajstić information content (AvgIpc) is 2.82. The van der Waals surface area contributed by atoms with Crippen molar-refractivity contribution in [3.8, 4) is 0 Å². The standard InChI is InChI=1S/C19H30N2/c20-21-19(13-15-6-3-1-2-4-7-15)14-16-10-11-17-8-5-9-18(17)12-16/h10-12,15,19,21H,1-9,13-14,20H2. The van der Waals surface area contributed by atoms with Gasteiger partial charge >= 0.3 is 0 Å². The summed E-state index contributed by atoms with van der Waals surface area (Å²) in [7, 11) is 0. The summed E-state index contributed by atoms with van der Waals surface area (Å²) >= 11 is 0. The van der Waals surface area contributed by atoms with Crippen LogP contribution in [0.1, 0.15) is 68.1 Å². The van der Waals surface area contributed by atoms with E-state index in [1.165, 1.54) is 69.8 Å². The zero-order valence-corrected chi connectivity index (χ0v) is 13.2. The Bertz CT molecular complexity index is 447. The fourth-order valence-corrected chi connectivity index (χ4v) is 4.25. The van der Waals surface area contributed by atoms with Gasteiger partial charge < -0.3 is 0 Å². The van der Waals surface area contributed by atoms with E-state index in [0.29, 0.717) is 6.04 Å². The van der Waals surface area contributed by atoms with Crippen LogP contribution in [0.25, 0.3) is 0 Å². The van der Waals surface area contributed by atoms with Gasteiger partial charge in [0.05, 0.1) is 0 Å². The van der Waals surface area contributed by atoms with Crippen LogP contribution in [-0.4, -0.2) is 6.04 Å². The van der Waals surface area contributed by atoms with Crippen LogP contribution < -0.4 is 11.3 Å². The van der Waals surface area contributed by atoms with Gasteiger partial charge in [0.1, 0.15) is 0 Å². The van der Waals surface area contributed by atoms with Crippen molar-refractivity contribution in [3.63, 3.8) is 0 Å². The first kappa shape index (κ1) is 15.1. The van der Waals surface area contributed by atoms with Crippen LogP contribution >= 0.6 is 0 Å². The number of nitrogens with two attached hydrogens (primary N) is 1. The molecule has 116 valence electrons. The molecule has 2 nitrogen and oxygen atoms in total. The number of hydrogen-bond donors (Lipinski definition) is 2. The molecule has 0 radical (unpaired) electrons. The summed E-state index contributed by atoms with van der Waals surface area (Å²) in [5.41, 5.74) is 7.70. The predicted molar refractivity (Wildman–Crippen MR) is 89.1 cm³/mol. The van der Waals surface area contributed by atoms with Gasteiger partial charge in [-0.1, -0.05) is 56.7 Å². The van der Waals surface area contributed by atoms with Crippen molar-refractivity contribution in [2.45, 2.75) is 76.7 Å². The summed E-state index contributed by atoms with van der Waals surface area (Å²) < 4.78 is 0. The molecular weight excluding hydrogens is 256 g/mol. The molecule has 0 aromatic heterocycles. The first-order valence-corrected chi connectivity index (χ1v) is 8.92. The molecule has 0 spiro atoms. The van der Waals surface area contributed by atoms with Crippen LogP contribution in [0.3, 0.4) is 0 Å². The van der Waals surface area contributed by atoms with E-state index in [4.69, 9.17) is 5.84 Å². The number of hydrogen-bond acceptors (Lipinski definition) is 2. The molecule has 1 saturated carbocycles. The Kier molecular flexibility index (Phi) is 5.32. The van der Waals surface area contributed by atoms with Crippen molar-refractivity contribution in [3.05, 3.63) is 34.9 Å². The molecule has 1 fully saturated rings. The van der Waals surface area contributed by atoms with Gasteiger partial charge in [-0.2, -0.15) is 0 Å². The number of fused-ring (bicyclic) bond motifs is 1. The number of benzene rings is 1. The van der Waals surface area contributed by atoms with Gasteiger partial charge in [0.25, 0.3) is 0 Å². The molecule has 1 atom stereocenters. The average molecular weight is 286 g/mol. The Morgan fingerprint density at radius 2 is 1.76 bits per heavy atom. The fraction of sp³-hybridized carbons (Fsp3) is 0.684. The molecule has 3 N–H and O–H groups in total. The maximum atomic E-state index is 5.84. The minimum atomic E-state index is 0.438. The quantitative estimate of drug-likeness (QED) is 0.489. The van der Waals surface area contributed by atoms with Crippen LogP contribution in [0.2, 0.25) is 0 Å². The lowest BCUT2D eigenvalue weighted by atomic mass is 9.89. The van der Waals surface area contributed by atoms with Crippen molar-refractivity contribution >= 4 is 0 Å². The first-order chi connectivity index (χ1) is 10.3. The number of nitrogens with one attached hydrogen (secondary N) is 1. The minimum absolute atomic E-state index is 0.438. The Morgan fingerprint density at radius 3 is 2.52 bits per heavy atom. The maximum Gasteiger partial charge on any atom is 0.0253 e. The molecule has 2 heteroatoms. The second kappa shape index (κ2) is 7.42. The van der Waals surface area contributed by atoms with Gasteiger partial charge in [0.2, 0.25) is 0 Å². The highest BCUT2D eigenvalue weighted by Crippen LogP contribution is 2.28. The molecule has 2 aliphatic rings. The zero-order chi connectivity index (χ0) is 14.5. The molecule has 2 aliphatic carbocycles. The van der Waals surface area contributed by atoms with Crippen molar-refractivity contribution in [2.24, 2.45) is 11.8 Å². The second-order valence-corrected chi connectivity index (χ2v) is 7.12. The zero-order valence-electron chi connectivity index (χ0n) is 13.2. The van der Waals surface area contributed by atoms with Gasteiger partial charge in [0.15, 0.2) is 0 Å². The minimum Gasteiger partial charge on any atom is -0.271 e. The van der Waals surface area contributed by atoms with Crippen molar-refractivity contribution < 1.29 is 0 Å². The van der Waals surface area contributed by atoms with E-state index >= 15 is 0 Å². The Balaban J connectivity index is 1.58. The molecule has 0 heterocycles. The van der Waals surface area contributed by atoms with Crippen LogP contribution in [0.15, 0.2) is 18.2 Å². The Hall–Kier alpha value is -0.860. The summed E-state index contributed by atoms with van der Waals surface area (Å²) in [4.78, 5) is 0. The number of rotatable bonds is 5. The van der Waals surface area contributed by atoms with Gasteiger partial charge in [-0.3, -0.25) is 11.3 Å². The van der Waals surface area contributed by atoms with E-state index in [2.05, 4.69) is 23.6 Å². The molecule has 21 heavy (non-hydrogen) atoms.